The van der Waals surface area contributed by atoms with Gasteiger partial charge in [-0.3, -0.25) is 20.3 Å². The first-order valence-corrected chi connectivity index (χ1v) is 11.0. The Labute approximate surface area is 195 Å². The zero-order valence-corrected chi connectivity index (χ0v) is 18.2. The summed E-state index contributed by atoms with van der Waals surface area (Å²) in [7, 11) is -4.44. The van der Waals surface area contributed by atoms with Gasteiger partial charge in [-0.05, 0) is 30.3 Å². The summed E-state index contributed by atoms with van der Waals surface area (Å²) in [5.41, 5.74) is -0.632. The smallest absolute Gasteiger partial charge is 0.417 e. The van der Waals surface area contributed by atoms with Crippen molar-refractivity contribution >= 4 is 39.3 Å². The van der Waals surface area contributed by atoms with Crippen LogP contribution in [0.2, 0.25) is 0 Å². The van der Waals surface area contributed by atoms with Gasteiger partial charge in [-0.1, -0.05) is 30.3 Å². The van der Waals surface area contributed by atoms with Crippen molar-refractivity contribution in [2.45, 2.75) is 11.1 Å². The number of nitrogens with zero attached hydrogens (tertiary/aromatic N) is 2. The van der Waals surface area contributed by atoms with Crippen molar-refractivity contribution in [2.24, 2.45) is 5.10 Å². The first-order chi connectivity index (χ1) is 16.4. The second kappa shape index (κ2) is 9.80. The Kier molecular flexibility index (Phi) is 7.05. The molecule has 3 aromatic rings. The minimum absolute atomic E-state index is 0.252. The molecule has 0 heterocycles. The molecule has 0 bridgehead atoms. The summed E-state index contributed by atoms with van der Waals surface area (Å²) in [5, 5.41) is 24.3. The molecular formula is C21H15F3N4O6S. The highest BCUT2D eigenvalue weighted by Gasteiger charge is 2.32. The molecule has 0 atom stereocenters. The van der Waals surface area contributed by atoms with Crippen LogP contribution in [0.5, 0.6) is 0 Å². The maximum Gasteiger partial charge on any atom is 0.417 e. The van der Waals surface area contributed by atoms with E-state index in [-0.39, 0.29) is 22.5 Å². The summed E-state index contributed by atoms with van der Waals surface area (Å²) in [6, 6.07) is 12.4. The SMILES string of the molecule is O=C(O)c1ccccc1NS(=O)(=O)c1ccc(N/N=C\c2ccccc2C(F)(F)F)c([N+](=O)[O-])c1. The number of carboxylic acid groups (broad SMARTS) is 1. The lowest BCUT2D eigenvalue weighted by atomic mass is 10.1. The minimum atomic E-state index is -4.64. The molecule has 182 valence electrons. The number of para-hydroxylation sites is 1. The topological polar surface area (TPSA) is 151 Å². The third kappa shape index (κ3) is 5.92. The van der Waals surface area contributed by atoms with Crippen LogP contribution in [0.15, 0.2) is 76.7 Å². The predicted octanol–water partition coefficient (Wildman–Crippen LogP) is 4.56. The monoisotopic (exact) mass is 508 g/mol. The van der Waals surface area contributed by atoms with Crippen LogP contribution in [0.1, 0.15) is 21.5 Å². The van der Waals surface area contributed by atoms with Crippen LogP contribution in [0.3, 0.4) is 0 Å². The molecule has 0 aromatic heterocycles. The average Bonchev–Trinajstić information content (AvgIpc) is 2.78. The van der Waals surface area contributed by atoms with E-state index in [0.29, 0.717) is 6.07 Å². The van der Waals surface area contributed by atoms with Gasteiger partial charge >= 0.3 is 12.1 Å². The average molecular weight is 508 g/mol. The molecule has 3 N–H and O–H groups in total. The van der Waals surface area contributed by atoms with E-state index in [1.807, 2.05) is 0 Å². The lowest BCUT2D eigenvalue weighted by Gasteiger charge is -2.11. The number of carboxylic acids is 1. The second-order valence-corrected chi connectivity index (χ2v) is 8.53. The van der Waals surface area contributed by atoms with Crippen molar-refractivity contribution in [1.82, 2.24) is 0 Å². The number of alkyl halides is 3. The summed E-state index contributed by atoms with van der Waals surface area (Å²) in [5.74, 6) is -1.39. The van der Waals surface area contributed by atoms with Gasteiger partial charge in [0.25, 0.3) is 15.7 Å². The molecule has 0 unspecified atom stereocenters. The number of hydrazone groups is 1. The summed E-state index contributed by atoms with van der Waals surface area (Å²) in [6.07, 6.45) is -3.82. The Morgan fingerprint density at radius 3 is 2.34 bits per heavy atom. The van der Waals surface area contributed by atoms with Gasteiger partial charge in [0.2, 0.25) is 0 Å². The fourth-order valence-corrected chi connectivity index (χ4v) is 4.02. The van der Waals surface area contributed by atoms with Gasteiger partial charge in [0, 0.05) is 11.6 Å². The fraction of sp³-hybridized carbons (Fsp3) is 0.0476. The Hall–Kier alpha value is -4.46. The van der Waals surface area contributed by atoms with E-state index in [0.717, 1.165) is 30.5 Å². The molecule has 0 amide bonds. The molecule has 0 radical (unpaired) electrons. The Bertz CT molecular complexity index is 1420. The van der Waals surface area contributed by atoms with Crippen molar-refractivity contribution in [2.75, 3.05) is 10.1 Å². The molecule has 0 aliphatic rings. The van der Waals surface area contributed by atoms with E-state index >= 15 is 0 Å². The van der Waals surface area contributed by atoms with Crippen LogP contribution in [-0.2, 0) is 16.2 Å². The number of hydrogen-bond donors (Lipinski definition) is 3. The molecule has 0 aliphatic carbocycles. The molecule has 3 rings (SSSR count). The van der Waals surface area contributed by atoms with Crippen LogP contribution in [0, 0.1) is 10.1 Å². The number of nitro benzene ring substituents is 1. The maximum atomic E-state index is 13.1. The van der Waals surface area contributed by atoms with Crippen molar-refractivity contribution in [1.29, 1.82) is 0 Å². The molecule has 35 heavy (non-hydrogen) atoms. The van der Waals surface area contributed by atoms with Crippen LogP contribution < -0.4 is 10.1 Å². The van der Waals surface area contributed by atoms with Gasteiger partial charge in [0.15, 0.2) is 0 Å². The molecule has 0 spiro atoms. The summed E-state index contributed by atoms with van der Waals surface area (Å²) >= 11 is 0. The molecular weight excluding hydrogens is 493 g/mol. The number of sulfonamides is 1. The number of nitrogens with one attached hydrogen (secondary N) is 2. The third-order valence-electron chi connectivity index (χ3n) is 4.53. The van der Waals surface area contributed by atoms with Crippen LogP contribution >= 0.6 is 0 Å². The van der Waals surface area contributed by atoms with Gasteiger partial charge in [-0.15, -0.1) is 0 Å². The normalized spacial score (nSPS) is 11.9. The van der Waals surface area contributed by atoms with Crippen LogP contribution in [0.4, 0.5) is 30.2 Å². The highest BCUT2D eigenvalue weighted by atomic mass is 32.2. The number of benzene rings is 3. The van der Waals surface area contributed by atoms with Crippen molar-refractivity contribution < 1.29 is 36.4 Å². The standard InChI is InChI=1S/C21H15F3N4O6S/c22-21(23,24)16-7-3-1-5-13(16)12-25-26-18-10-9-14(11-19(18)28(31)32)35(33,34)27-17-8-4-2-6-15(17)20(29)30/h1-12,26-27H,(H,29,30)/b25-12-. The van der Waals surface area contributed by atoms with Crippen molar-refractivity contribution in [3.05, 3.63) is 93.5 Å². The molecule has 10 nitrogen and oxygen atoms in total. The number of carbonyl (C=O) groups is 1. The van der Waals surface area contributed by atoms with E-state index in [2.05, 4.69) is 15.2 Å². The number of aromatic carboxylic acids is 1. The van der Waals surface area contributed by atoms with Crippen molar-refractivity contribution in [3.8, 4) is 0 Å². The lowest BCUT2D eigenvalue weighted by Crippen LogP contribution is -2.16. The van der Waals surface area contributed by atoms with Gasteiger partial charge in [0.1, 0.15) is 5.69 Å². The first kappa shape index (κ1) is 25.2. The van der Waals surface area contributed by atoms with Crippen molar-refractivity contribution in [3.63, 3.8) is 0 Å². The second-order valence-electron chi connectivity index (χ2n) is 6.85. The Balaban J connectivity index is 1.90. The van der Waals surface area contributed by atoms with E-state index in [9.17, 15) is 41.6 Å². The van der Waals surface area contributed by atoms with Gasteiger partial charge < -0.3 is 5.11 Å². The van der Waals surface area contributed by atoms with E-state index in [1.165, 1.54) is 36.4 Å². The maximum absolute atomic E-state index is 13.1. The molecule has 0 fully saturated rings. The van der Waals surface area contributed by atoms with E-state index in [1.54, 1.807) is 0 Å². The first-order valence-electron chi connectivity index (χ1n) is 9.49. The van der Waals surface area contributed by atoms with E-state index in [4.69, 9.17) is 0 Å². The summed E-state index contributed by atoms with van der Waals surface area (Å²) in [6.45, 7) is 0. The van der Waals surface area contributed by atoms with E-state index < -0.39 is 43.2 Å². The number of anilines is 2. The Morgan fingerprint density at radius 1 is 1.03 bits per heavy atom. The van der Waals surface area contributed by atoms with Gasteiger partial charge in [0.05, 0.1) is 32.8 Å². The number of halogens is 3. The van der Waals surface area contributed by atoms with Crippen LogP contribution in [-0.4, -0.2) is 30.6 Å². The molecule has 3 aromatic carbocycles. The Morgan fingerprint density at radius 2 is 1.69 bits per heavy atom. The lowest BCUT2D eigenvalue weighted by molar-refractivity contribution is -0.384. The largest absolute Gasteiger partial charge is 0.478 e. The summed E-state index contributed by atoms with van der Waals surface area (Å²) in [4.78, 5) is 21.3. The number of rotatable bonds is 8. The zero-order valence-electron chi connectivity index (χ0n) is 17.4. The van der Waals surface area contributed by atoms with Gasteiger partial charge in [-0.2, -0.15) is 18.3 Å². The highest BCUT2D eigenvalue weighted by molar-refractivity contribution is 7.92. The number of hydrogen-bond acceptors (Lipinski definition) is 7. The molecule has 14 heteroatoms. The predicted molar refractivity (Wildman–Crippen MR) is 120 cm³/mol. The quantitative estimate of drug-likeness (QED) is 0.229. The molecule has 0 saturated carbocycles. The highest BCUT2D eigenvalue weighted by Crippen LogP contribution is 2.32. The van der Waals surface area contributed by atoms with Crippen LogP contribution in [0.25, 0.3) is 0 Å². The van der Waals surface area contributed by atoms with Gasteiger partial charge in [-0.25, -0.2) is 13.2 Å². The zero-order chi connectivity index (χ0) is 25.8. The third-order valence-corrected chi connectivity index (χ3v) is 5.90. The molecule has 0 aliphatic heterocycles. The number of nitro groups is 1. The molecule has 0 saturated heterocycles. The fourth-order valence-electron chi connectivity index (χ4n) is 2.93. The summed E-state index contributed by atoms with van der Waals surface area (Å²) < 4.78 is 66.7. The minimum Gasteiger partial charge on any atom is -0.478 e.